The summed E-state index contributed by atoms with van der Waals surface area (Å²) in [6.07, 6.45) is 7.10. The lowest BCUT2D eigenvalue weighted by molar-refractivity contribution is 1.24. The quantitative estimate of drug-likeness (QED) is 0.262. The van der Waals surface area contributed by atoms with E-state index in [1.165, 1.54) is 0 Å². The van der Waals surface area contributed by atoms with Gasteiger partial charge in [0.1, 0.15) is 0 Å². The second kappa shape index (κ2) is 10.6. The van der Waals surface area contributed by atoms with Crippen molar-refractivity contribution in [3.05, 3.63) is 144 Å². The molecule has 0 saturated heterocycles. The first-order valence-electron chi connectivity index (χ1n) is 12.1. The highest BCUT2D eigenvalue weighted by molar-refractivity contribution is 5.93. The van der Waals surface area contributed by atoms with Gasteiger partial charge in [0.15, 0.2) is 0 Å². The molecule has 4 heterocycles. The summed E-state index contributed by atoms with van der Waals surface area (Å²) in [5.41, 5.74) is 6.92. The Morgan fingerprint density at radius 2 is 0.816 bits per heavy atom. The molecule has 0 amide bonds. The summed E-state index contributed by atoms with van der Waals surface area (Å²) in [7, 11) is 0. The predicted molar refractivity (Wildman–Crippen MR) is 151 cm³/mol. The third-order valence-electron chi connectivity index (χ3n) is 5.99. The van der Waals surface area contributed by atoms with Crippen molar-refractivity contribution in [2.75, 3.05) is 0 Å². The lowest BCUT2D eigenvalue weighted by atomic mass is 9.99. The summed E-state index contributed by atoms with van der Waals surface area (Å²) in [5, 5.41) is 2.13. The first-order chi connectivity index (χ1) is 18.8. The normalized spacial score (nSPS) is 10.2. The average Bonchev–Trinajstić information content (AvgIpc) is 3.00. The van der Waals surface area contributed by atoms with Gasteiger partial charge in [-0.25, -0.2) is 0 Å². The summed E-state index contributed by atoms with van der Waals surface area (Å²) in [6, 6.07) is 31.7. The Morgan fingerprint density at radius 3 is 1.21 bits per heavy atom. The second-order valence-electron chi connectivity index (χ2n) is 8.50. The fraction of sp³-hybridized carbons (Fsp3) is 0. The molecule has 0 aliphatic carbocycles. The van der Waals surface area contributed by atoms with Gasteiger partial charge in [0, 0.05) is 47.0 Å². The highest BCUT2D eigenvalue weighted by Crippen LogP contribution is 2.22. The minimum atomic E-state index is 0.825. The van der Waals surface area contributed by atoms with Crippen LogP contribution >= 0.6 is 0 Å². The van der Waals surface area contributed by atoms with Gasteiger partial charge in [-0.15, -0.1) is 0 Å². The maximum Gasteiger partial charge on any atom is 0.0887 e. The molecule has 0 aliphatic heterocycles. The molecule has 0 N–H and O–H groups in total. The standard InChI is InChI=1S/C34H20N4/c1-2-8-30-28(16-12-26-14-20-34(38-24-26)32-10-4-6-22-36-32)18-17-27(29(30)7-1)15-11-25-13-19-33(37-23-25)31-9-3-5-21-35-31/h1-10,13-14,17-24H. The minimum absolute atomic E-state index is 0.825. The van der Waals surface area contributed by atoms with E-state index < -0.39 is 0 Å². The summed E-state index contributed by atoms with van der Waals surface area (Å²) >= 11 is 0. The Bertz CT molecular complexity index is 1700. The first-order valence-corrected chi connectivity index (χ1v) is 12.1. The van der Waals surface area contributed by atoms with Crippen LogP contribution in [0.4, 0.5) is 0 Å². The summed E-state index contributed by atoms with van der Waals surface area (Å²) in [5.74, 6) is 13.1. The smallest absolute Gasteiger partial charge is 0.0887 e. The van der Waals surface area contributed by atoms with E-state index in [1.807, 2.05) is 84.9 Å². The van der Waals surface area contributed by atoms with Crippen molar-refractivity contribution in [1.29, 1.82) is 0 Å². The molecule has 0 bridgehead atoms. The van der Waals surface area contributed by atoms with Gasteiger partial charge >= 0.3 is 0 Å². The third-order valence-corrected chi connectivity index (χ3v) is 5.99. The van der Waals surface area contributed by atoms with Crippen LogP contribution in [0.5, 0.6) is 0 Å². The van der Waals surface area contributed by atoms with Gasteiger partial charge in [-0.05, 0) is 71.4 Å². The Balaban J connectivity index is 1.26. The zero-order chi connectivity index (χ0) is 25.6. The monoisotopic (exact) mass is 484 g/mol. The van der Waals surface area contributed by atoms with Gasteiger partial charge in [0.25, 0.3) is 0 Å². The maximum atomic E-state index is 4.52. The number of fused-ring (bicyclic) bond motifs is 1. The molecule has 0 fully saturated rings. The molecule has 0 atom stereocenters. The van der Waals surface area contributed by atoms with Crippen LogP contribution in [-0.2, 0) is 0 Å². The SMILES string of the molecule is C(#Cc1ccc(C#Cc2ccc(-c3ccccn3)nc2)c2ccccc12)c1ccc(-c2ccccn2)nc1. The Hall–Kier alpha value is -5.58. The maximum absolute atomic E-state index is 4.52. The molecule has 38 heavy (non-hydrogen) atoms. The number of hydrogen-bond donors (Lipinski definition) is 0. The van der Waals surface area contributed by atoms with Crippen LogP contribution in [0.15, 0.2) is 122 Å². The van der Waals surface area contributed by atoms with Gasteiger partial charge in [-0.2, -0.15) is 0 Å². The minimum Gasteiger partial charge on any atom is -0.255 e. The van der Waals surface area contributed by atoms with Gasteiger partial charge in [0.2, 0.25) is 0 Å². The van der Waals surface area contributed by atoms with Crippen molar-refractivity contribution in [1.82, 2.24) is 19.9 Å². The van der Waals surface area contributed by atoms with Crippen molar-refractivity contribution in [2.24, 2.45) is 0 Å². The van der Waals surface area contributed by atoms with Crippen LogP contribution < -0.4 is 0 Å². The highest BCUT2D eigenvalue weighted by Gasteiger charge is 2.04. The van der Waals surface area contributed by atoms with Gasteiger partial charge in [-0.1, -0.05) is 60.1 Å². The fourth-order valence-corrected chi connectivity index (χ4v) is 4.06. The molecule has 0 spiro atoms. The van der Waals surface area contributed by atoms with Gasteiger partial charge in [0.05, 0.1) is 22.8 Å². The molecule has 4 nitrogen and oxygen atoms in total. The van der Waals surface area contributed by atoms with Crippen molar-refractivity contribution in [3.63, 3.8) is 0 Å². The molecule has 176 valence electrons. The van der Waals surface area contributed by atoms with E-state index in [0.29, 0.717) is 0 Å². The largest absolute Gasteiger partial charge is 0.255 e. The van der Waals surface area contributed by atoms with Crippen LogP contribution in [0, 0.1) is 23.7 Å². The zero-order valence-corrected chi connectivity index (χ0v) is 20.3. The Labute approximate surface area is 221 Å². The van der Waals surface area contributed by atoms with Gasteiger partial charge < -0.3 is 0 Å². The Kier molecular flexibility index (Phi) is 6.36. The number of benzene rings is 2. The van der Waals surface area contributed by atoms with Crippen LogP contribution in [0.1, 0.15) is 22.3 Å². The lowest BCUT2D eigenvalue weighted by Crippen LogP contribution is -1.88. The third kappa shape index (κ3) is 5.02. The summed E-state index contributed by atoms with van der Waals surface area (Å²) in [4.78, 5) is 17.7. The molecule has 0 saturated carbocycles. The van der Waals surface area contributed by atoms with Crippen molar-refractivity contribution in [2.45, 2.75) is 0 Å². The number of pyridine rings is 4. The molecule has 0 unspecified atom stereocenters. The molecular weight excluding hydrogens is 464 g/mol. The summed E-state index contributed by atoms with van der Waals surface area (Å²) in [6.45, 7) is 0. The molecule has 6 rings (SSSR count). The van der Waals surface area contributed by atoms with E-state index in [-0.39, 0.29) is 0 Å². The van der Waals surface area contributed by atoms with E-state index >= 15 is 0 Å². The first kappa shape index (κ1) is 22.9. The van der Waals surface area contributed by atoms with Crippen molar-refractivity contribution in [3.8, 4) is 46.5 Å². The van der Waals surface area contributed by atoms with E-state index in [1.54, 1.807) is 24.8 Å². The average molecular weight is 485 g/mol. The molecular formula is C34H20N4. The zero-order valence-electron chi connectivity index (χ0n) is 20.3. The molecule has 2 aromatic carbocycles. The van der Waals surface area contributed by atoms with E-state index in [0.717, 1.165) is 55.8 Å². The summed E-state index contributed by atoms with van der Waals surface area (Å²) < 4.78 is 0. The van der Waals surface area contributed by atoms with E-state index in [9.17, 15) is 0 Å². The number of rotatable bonds is 2. The fourth-order valence-electron chi connectivity index (χ4n) is 4.06. The van der Waals surface area contributed by atoms with Crippen LogP contribution in [0.2, 0.25) is 0 Å². The number of hydrogen-bond acceptors (Lipinski definition) is 4. The number of aromatic nitrogens is 4. The lowest BCUT2D eigenvalue weighted by Gasteiger charge is -2.04. The topological polar surface area (TPSA) is 51.6 Å². The van der Waals surface area contributed by atoms with Crippen LogP contribution in [-0.4, -0.2) is 19.9 Å². The number of nitrogens with zero attached hydrogens (tertiary/aromatic N) is 4. The predicted octanol–water partition coefficient (Wildman–Crippen LogP) is 6.55. The van der Waals surface area contributed by atoms with Crippen LogP contribution in [0.3, 0.4) is 0 Å². The highest BCUT2D eigenvalue weighted by atomic mass is 14.8. The van der Waals surface area contributed by atoms with E-state index in [4.69, 9.17) is 0 Å². The van der Waals surface area contributed by atoms with Crippen molar-refractivity contribution >= 4 is 10.8 Å². The van der Waals surface area contributed by atoms with Crippen LogP contribution in [0.25, 0.3) is 33.5 Å². The molecule has 4 heteroatoms. The van der Waals surface area contributed by atoms with E-state index in [2.05, 4.69) is 55.8 Å². The molecule has 6 aromatic rings. The molecule has 4 aromatic heterocycles. The van der Waals surface area contributed by atoms with Gasteiger partial charge in [-0.3, -0.25) is 19.9 Å². The molecule has 0 aliphatic rings. The van der Waals surface area contributed by atoms with Crippen molar-refractivity contribution < 1.29 is 0 Å². The second-order valence-corrected chi connectivity index (χ2v) is 8.50. The Morgan fingerprint density at radius 1 is 0.368 bits per heavy atom. The molecule has 0 radical (unpaired) electrons.